The third kappa shape index (κ3) is 3.59. The first kappa shape index (κ1) is 20.8. The molecule has 0 N–H and O–H groups in total. The van der Waals surface area contributed by atoms with Gasteiger partial charge >= 0.3 is 0 Å². The van der Waals surface area contributed by atoms with Gasteiger partial charge in [0.05, 0.1) is 6.85 Å². The van der Waals surface area contributed by atoms with Crippen LogP contribution in [0.25, 0.3) is 98.8 Å². The Bertz CT molecular complexity index is 3070. The Balaban J connectivity index is 1.42. The zero-order valence-electron chi connectivity index (χ0n) is 29.4. The predicted octanol–water partition coefficient (Wildman–Crippen LogP) is 12.8. The molecule has 8 aromatic carbocycles. The van der Waals surface area contributed by atoms with Crippen LogP contribution in [0.4, 0.5) is 0 Å². The maximum absolute atomic E-state index is 8.84. The van der Waals surface area contributed by atoms with Crippen molar-refractivity contribution in [2.45, 2.75) is 0 Å². The fraction of sp³-hybridized carbons (Fsp3) is 0. The number of rotatable bonds is 3. The Hall–Kier alpha value is -6.12. The number of hydrogen-bond donors (Lipinski definition) is 0. The topological polar surface area (TPSA) is 26.3 Å². The van der Waals surface area contributed by atoms with E-state index < -0.39 is 6.04 Å². The van der Waals surface area contributed by atoms with E-state index in [4.69, 9.17) is 15.7 Å². The van der Waals surface area contributed by atoms with Gasteiger partial charge in [-0.25, -0.2) is 0 Å². The maximum atomic E-state index is 8.84. The molecule has 0 saturated carbocycles. The summed E-state index contributed by atoms with van der Waals surface area (Å²) in [6, 6.07) is 41.1. The number of para-hydroxylation sites is 2. The van der Waals surface area contributed by atoms with Crippen LogP contribution in [-0.4, -0.2) is 0 Å². The lowest BCUT2D eigenvalue weighted by atomic mass is 9.83. The average molecular weight is 592 g/mol. The lowest BCUT2D eigenvalue weighted by Gasteiger charge is -2.19. The van der Waals surface area contributed by atoms with Gasteiger partial charge in [-0.15, -0.1) is 0 Å². The molecule has 0 bridgehead atoms. The summed E-state index contributed by atoms with van der Waals surface area (Å²) >= 11 is 0. The minimum Gasteiger partial charge on any atom is -0.456 e. The van der Waals surface area contributed by atoms with E-state index >= 15 is 0 Å². The van der Waals surface area contributed by atoms with Crippen molar-refractivity contribution in [3.8, 4) is 33.4 Å². The summed E-state index contributed by atoms with van der Waals surface area (Å²) in [5.74, 6) is 0. The molecule has 0 aliphatic carbocycles. The van der Waals surface area contributed by atoms with Crippen molar-refractivity contribution in [3.63, 3.8) is 0 Å². The van der Waals surface area contributed by atoms with Crippen molar-refractivity contribution < 1.29 is 15.7 Å². The van der Waals surface area contributed by atoms with Crippen LogP contribution in [0.5, 0.6) is 0 Å². The van der Waals surface area contributed by atoms with Crippen molar-refractivity contribution >= 4 is 65.4 Å². The molecule has 0 amide bonds. The second-order valence-corrected chi connectivity index (χ2v) is 11.6. The zero-order chi connectivity index (χ0) is 34.5. The Morgan fingerprint density at radius 1 is 0.370 bits per heavy atom. The monoisotopic (exact) mass is 591 g/mol. The Morgan fingerprint density at radius 2 is 0.848 bits per heavy atom. The quantitative estimate of drug-likeness (QED) is 0.191. The summed E-state index contributed by atoms with van der Waals surface area (Å²) in [7, 11) is 0. The van der Waals surface area contributed by atoms with Gasteiger partial charge in [0.2, 0.25) is 0 Å². The van der Waals surface area contributed by atoms with Gasteiger partial charge in [-0.3, -0.25) is 0 Å². The molecule has 0 aliphatic heterocycles. The van der Waals surface area contributed by atoms with Crippen LogP contribution in [0.3, 0.4) is 0 Å². The van der Waals surface area contributed by atoms with Gasteiger partial charge in [0, 0.05) is 21.5 Å². The highest BCUT2D eigenvalue weighted by molar-refractivity contribution is 6.28. The molecule has 0 atom stereocenters. The molecule has 0 radical (unpaired) electrons. The molecule has 2 nitrogen and oxygen atoms in total. The Morgan fingerprint density at radius 3 is 1.43 bits per heavy atom. The zero-order valence-corrected chi connectivity index (χ0v) is 24.4. The first-order valence-corrected chi connectivity index (χ1v) is 15.3. The molecule has 10 rings (SSSR count). The van der Waals surface area contributed by atoms with E-state index in [-0.39, 0.29) is 29.7 Å². The molecule has 214 valence electrons. The molecule has 0 spiro atoms. The summed E-state index contributed by atoms with van der Waals surface area (Å²) in [5, 5.41) is 7.95. The highest BCUT2D eigenvalue weighted by atomic mass is 16.3. The molecule has 2 heteroatoms. The minimum absolute atomic E-state index is 0.165. The predicted molar refractivity (Wildman–Crippen MR) is 192 cm³/mol. The van der Waals surface area contributed by atoms with Crippen LogP contribution in [0.1, 0.15) is 6.85 Å². The molecule has 0 aliphatic rings. The van der Waals surface area contributed by atoms with E-state index in [1.807, 2.05) is 84.9 Å². The van der Waals surface area contributed by atoms with E-state index in [0.717, 1.165) is 87.7 Å². The van der Waals surface area contributed by atoms with Crippen LogP contribution < -0.4 is 0 Å². The van der Waals surface area contributed by atoms with Crippen LogP contribution in [0.15, 0.2) is 166 Å². The van der Waals surface area contributed by atoms with Crippen LogP contribution in [0, 0.1) is 0 Å². The Labute approximate surface area is 271 Å². The molecular formula is C44H26O2. The maximum Gasteiger partial charge on any atom is 0.136 e. The summed E-state index contributed by atoms with van der Waals surface area (Å²) in [4.78, 5) is 0. The van der Waals surface area contributed by atoms with E-state index in [2.05, 4.69) is 42.5 Å². The van der Waals surface area contributed by atoms with Gasteiger partial charge in [0.1, 0.15) is 22.3 Å². The van der Waals surface area contributed by atoms with E-state index in [1.165, 1.54) is 0 Å². The van der Waals surface area contributed by atoms with Crippen molar-refractivity contribution in [2.24, 2.45) is 0 Å². The summed E-state index contributed by atoms with van der Waals surface area (Å²) in [5.41, 5.74) is 7.88. The van der Waals surface area contributed by atoms with E-state index in [0.29, 0.717) is 5.56 Å². The average Bonchev–Trinajstić information content (AvgIpc) is 3.74. The largest absolute Gasteiger partial charge is 0.456 e. The minimum atomic E-state index is -0.414. The first-order chi connectivity index (χ1) is 24.9. The number of furan rings is 2. The molecular weight excluding hydrogens is 560 g/mol. The standard InChI is InChI=1S/C44H26O2/c1-2-12-27(13-3-1)28-24-25-31-36(26-28)42(35-19-11-23-40-44(35)33-17-7-9-21-38(33)46-40)30-15-5-4-14-29(30)41(31)34-18-10-22-39-43(34)32-16-6-8-20-37(32)45-39/h1-26H/i1D,2D,3D,12D,13D. The van der Waals surface area contributed by atoms with Gasteiger partial charge in [0.15, 0.2) is 0 Å². The highest BCUT2D eigenvalue weighted by Crippen LogP contribution is 2.49. The van der Waals surface area contributed by atoms with Crippen molar-refractivity contribution in [1.82, 2.24) is 0 Å². The lowest BCUT2D eigenvalue weighted by molar-refractivity contribution is 0.668. The van der Waals surface area contributed by atoms with Crippen LogP contribution >= 0.6 is 0 Å². The lowest BCUT2D eigenvalue weighted by Crippen LogP contribution is -1.92. The SMILES string of the molecule is [2H]c1c([2H])c([2H])c(-c2ccc3c(-c4cccc5oc6ccccc6c45)c4ccccc4c(-c4cccc5oc6ccccc6c45)c3c2)c([2H])c1[2H]. The van der Waals surface area contributed by atoms with Crippen LogP contribution in [0.2, 0.25) is 0 Å². The van der Waals surface area contributed by atoms with E-state index in [9.17, 15) is 0 Å². The van der Waals surface area contributed by atoms with Gasteiger partial charge in [-0.2, -0.15) is 0 Å². The van der Waals surface area contributed by atoms with E-state index in [1.54, 1.807) is 0 Å². The molecule has 10 aromatic rings. The second kappa shape index (κ2) is 9.69. The second-order valence-electron chi connectivity index (χ2n) is 11.6. The third-order valence-electron chi connectivity index (χ3n) is 9.16. The molecule has 46 heavy (non-hydrogen) atoms. The number of benzene rings is 8. The molecule has 2 aromatic heterocycles. The van der Waals surface area contributed by atoms with Gasteiger partial charge < -0.3 is 8.83 Å². The fourth-order valence-corrected chi connectivity index (χ4v) is 7.27. The Kier molecular flexibility index (Phi) is 4.37. The summed E-state index contributed by atoms with van der Waals surface area (Å²) in [6.07, 6.45) is 0. The summed E-state index contributed by atoms with van der Waals surface area (Å²) in [6.45, 7) is 0. The fourth-order valence-electron chi connectivity index (χ4n) is 7.27. The molecule has 0 saturated heterocycles. The van der Waals surface area contributed by atoms with Crippen molar-refractivity contribution in [2.75, 3.05) is 0 Å². The third-order valence-corrected chi connectivity index (χ3v) is 9.16. The van der Waals surface area contributed by atoms with Crippen molar-refractivity contribution in [3.05, 3.63) is 158 Å². The highest BCUT2D eigenvalue weighted by Gasteiger charge is 2.22. The van der Waals surface area contributed by atoms with Gasteiger partial charge in [0.25, 0.3) is 0 Å². The first-order valence-electron chi connectivity index (χ1n) is 17.8. The number of hydrogen-bond acceptors (Lipinski definition) is 2. The van der Waals surface area contributed by atoms with Crippen LogP contribution in [-0.2, 0) is 0 Å². The van der Waals surface area contributed by atoms with Crippen molar-refractivity contribution in [1.29, 1.82) is 0 Å². The molecule has 0 fully saturated rings. The number of fused-ring (bicyclic) bond motifs is 8. The molecule has 2 heterocycles. The normalized spacial score (nSPS) is 13.4. The molecule has 0 unspecified atom stereocenters. The smallest absolute Gasteiger partial charge is 0.136 e. The van der Waals surface area contributed by atoms with Gasteiger partial charge in [-0.1, -0.05) is 127 Å². The van der Waals surface area contributed by atoms with Gasteiger partial charge in [-0.05, 0) is 85.3 Å². The summed E-state index contributed by atoms with van der Waals surface area (Å²) < 4.78 is 55.4.